The summed E-state index contributed by atoms with van der Waals surface area (Å²) < 4.78 is 38.0. The van der Waals surface area contributed by atoms with Crippen LogP contribution in [-0.2, 0) is 0 Å². The Morgan fingerprint density at radius 1 is 1.10 bits per heavy atom. The molecular weight excluding hydrogens is 289 g/mol. The highest BCUT2D eigenvalue weighted by Crippen LogP contribution is 2.30. The molecular formula is C14H9F3O2S. The molecule has 0 fully saturated rings. The number of carbonyl (C=O) groups is 1. The molecule has 0 aliphatic rings. The van der Waals surface area contributed by atoms with Crippen LogP contribution >= 0.6 is 11.8 Å². The molecule has 0 unspecified atom stereocenters. The summed E-state index contributed by atoms with van der Waals surface area (Å²) in [5.74, 6) is -4.73. The largest absolute Gasteiger partial charge is 0.478 e. The second-order valence-corrected chi connectivity index (χ2v) is 4.93. The van der Waals surface area contributed by atoms with Gasteiger partial charge in [0, 0.05) is 4.90 Å². The highest BCUT2D eigenvalue weighted by molar-refractivity contribution is 7.99. The van der Waals surface area contributed by atoms with Crippen molar-refractivity contribution in [2.75, 3.05) is 0 Å². The topological polar surface area (TPSA) is 37.3 Å². The lowest BCUT2D eigenvalue weighted by Gasteiger charge is -2.08. The van der Waals surface area contributed by atoms with E-state index < -0.39 is 23.1 Å². The lowest BCUT2D eigenvalue weighted by Crippen LogP contribution is -2.03. The Labute approximate surface area is 117 Å². The van der Waals surface area contributed by atoms with Crippen LogP contribution in [0.1, 0.15) is 10.4 Å². The van der Waals surface area contributed by atoms with Crippen LogP contribution in [0.2, 0.25) is 0 Å². The second-order valence-electron chi connectivity index (χ2n) is 3.87. The van der Waals surface area contributed by atoms with Gasteiger partial charge in [0.1, 0.15) is 11.4 Å². The molecule has 0 aliphatic carbocycles. The summed E-state index contributed by atoms with van der Waals surface area (Å²) in [7, 11) is 0. The molecule has 0 spiro atoms. The fraction of sp³-hybridized carbons (Fsp3) is 0.0714. The van der Waals surface area contributed by atoms with Gasteiger partial charge in [-0.3, -0.25) is 0 Å². The molecule has 0 heterocycles. The Bertz CT molecular complexity index is 627. The molecule has 1 N–H and O–H groups in total. The van der Waals surface area contributed by atoms with Crippen molar-refractivity contribution in [3.63, 3.8) is 0 Å². The van der Waals surface area contributed by atoms with E-state index in [2.05, 4.69) is 0 Å². The average Bonchev–Trinajstić information content (AvgIpc) is 2.38. The molecule has 2 rings (SSSR count). The van der Waals surface area contributed by atoms with Crippen molar-refractivity contribution < 1.29 is 23.1 Å². The first kappa shape index (κ1) is 14.5. The normalized spacial score (nSPS) is 10.8. The van der Waals surface area contributed by atoms with Crippen LogP contribution in [0.15, 0.2) is 47.4 Å². The van der Waals surface area contributed by atoms with Crippen LogP contribution in [-0.4, -0.2) is 16.8 Å². The summed E-state index contributed by atoms with van der Waals surface area (Å²) in [5.41, 5.74) is 0.244. The van der Waals surface area contributed by atoms with E-state index in [0.29, 0.717) is 22.2 Å². The van der Waals surface area contributed by atoms with Gasteiger partial charge in [-0.2, -0.15) is 8.78 Å². The zero-order valence-corrected chi connectivity index (χ0v) is 10.8. The van der Waals surface area contributed by atoms with E-state index in [4.69, 9.17) is 5.11 Å². The van der Waals surface area contributed by atoms with Gasteiger partial charge in [-0.1, -0.05) is 36.0 Å². The molecule has 20 heavy (non-hydrogen) atoms. The zero-order chi connectivity index (χ0) is 14.7. The molecule has 2 aromatic rings. The first-order chi connectivity index (χ1) is 9.49. The van der Waals surface area contributed by atoms with E-state index in [0.717, 1.165) is 6.07 Å². The maximum Gasteiger partial charge on any atom is 0.339 e. The van der Waals surface area contributed by atoms with E-state index in [1.165, 1.54) is 36.4 Å². The molecule has 104 valence electrons. The van der Waals surface area contributed by atoms with Gasteiger partial charge in [0.25, 0.3) is 5.76 Å². The lowest BCUT2D eigenvalue weighted by atomic mass is 9.99. The molecule has 0 saturated heterocycles. The number of hydrogen-bond acceptors (Lipinski definition) is 2. The van der Waals surface area contributed by atoms with Gasteiger partial charge < -0.3 is 5.11 Å². The highest BCUT2D eigenvalue weighted by atomic mass is 32.2. The lowest BCUT2D eigenvalue weighted by molar-refractivity contribution is 0.0693. The minimum absolute atomic E-state index is 0.214. The van der Waals surface area contributed by atoms with Gasteiger partial charge in [-0.25, -0.2) is 9.18 Å². The Balaban J connectivity index is 2.42. The molecule has 2 nitrogen and oxygen atoms in total. The zero-order valence-electron chi connectivity index (χ0n) is 10.0. The SMILES string of the molecule is O=C(O)c1c(F)cccc1-c1ccc(SC(F)F)cc1. The van der Waals surface area contributed by atoms with Crippen LogP contribution in [0, 0.1) is 5.82 Å². The average molecular weight is 298 g/mol. The molecule has 0 aliphatic heterocycles. The second kappa shape index (κ2) is 6.00. The monoisotopic (exact) mass is 298 g/mol. The van der Waals surface area contributed by atoms with Crippen molar-refractivity contribution in [3.8, 4) is 11.1 Å². The number of halogens is 3. The first-order valence-corrected chi connectivity index (χ1v) is 6.44. The quantitative estimate of drug-likeness (QED) is 0.844. The van der Waals surface area contributed by atoms with E-state index in [9.17, 15) is 18.0 Å². The summed E-state index contributed by atoms with van der Waals surface area (Å²) in [5, 5.41) is 9.04. The smallest absolute Gasteiger partial charge is 0.339 e. The number of aromatic carboxylic acids is 1. The third kappa shape index (κ3) is 3.14. The van der Waals surface area contributed by atoms with E-state index >= 15 is 0 Å². The molecule has 2 aromatic carbocycles. The van der Waals surface area contributed by atoms with E-state index in [1.54, 1.807) is 0 Å². The molecule has 0 radical (unpaired) electrons. The number of carboxylic acid groups (broad SMARTS) is 1. The molecule has 0 amide bonds. The molecule has 0 atom stereocenters. The fourth-order valence-corrected chi connectivity index (χ4v) is 2.30. The number of carboxylic acids is 1. The van der Waals surface area contributed by atoms with Crippen LogP contribution in [0.5, 0.6) is 0 Å². The Morgan fingerprint density at radius 3 is 2.30 bits per heavy atom. The van der Waals surface area contributed by atoms with Gasteiger partial charge in [0.05, 0.1) is 0 Å². The van der Waals surface area contributed by atoms with Crippen molar-refractivity contribution in [1.82, 2.24) is 0 Å². The molecule has 0 aromatic heterocycles. The summed E-state index contributed by atoms with van der Waals surface area (Å²) >= 11 is 0.392. The standard InChI is InChI=1S/C14H9F3O2S/c15-11-3-1-2-10(12(11)13(18)19)8-4-6-9(7-5-8)20-14(16)17/h1-7,14H,(H,18,19). The maximum atomic E-state index is 13.6. The Morgan fingerprint density at radius 2 is 1.75 bits per heavy atom. The number of hydrogen-bond donors (Lipinski definition) is 1. The maximum absolute atomic E-state index is 13.6. The number of alkyl halides is 2. The first-order valence-electron chi connectivity index (χ1n) is 5.56. The summed E-state index contributed by atoms with van der Waals surface area (Å²) in [4.78, 5) is 11.4. The third-order valence-corrected chi connectivity index (χ3v) is 3.34. The highest BCUT2D eigenvalue weighted by Gasteiger charge is 2.16. The molecule has 0 saturated carbocycles. The minimum atomic E-state index is -2.52. The van der Waals surface area contributed by atoms with E-state index in [-0.39, 0.29) is 5.56 Å². The number of rotatable bonds is 4. The predicted octanol–water partition coefficient (Wildman–Crippen LogP) is 4.51. The van der Waals surface area contributed by atoms with Crippen molar-refractivity contribution in [2.24, 2.45) is 0 Å². The number of benzene rings is 2. The van der Waals surface area contributed by atoms with Gasteiger partial charge in [0.15, 0.2) is 0 Å². The minimum Gasteiger partial charge on any atom is -0.478 e. The van der Waals surface area contributed by atoms with Gasteiger partial charge in [-0.15, -0.1) is 0 Å². The van der Waals surface area contributed by atoms with Crippen molar-refractivity contribution in [2.45, 2.75) is 10.7 Å². The third-order valence-electron chi connectivity index (χ3n) is 2.62. The summed E-state index contributed by atoms with van der Waals surface area (Å²) in [6.07, 6.45) is 0. The van der Waals surface area contributed by atoms with Crippen molar-refractivity contribution in [3.05, 3.63) is 53.8 Å². The van der Waals surface area contributed by atoms with E-state index in [1.807, 2.05) is 0 Å². The number of thioether (sulfide) groups is 1. The van der Waals surface area contributed by atoms with Crippen LogP contribution in [0.4, 0.5) is 13.2 Å². The molecule has 0 bridgehead atoms. The van der Waals surface area contributed by atoms with Crippen LogP contribution in [0.25, 0.3) is 11.1 Å². The van der Waals surface area contributed by atoms with Crippen molar-refractivity contribution >= 4 is 17.7 Å². The summed E-state index contributed by atoms with van der Waals surface area (Å²) in [6.45, 7) is 0. The van der Waals surface area contributed by atoms with Crippen molar-refractivity contribution in [1.29, 1.82) is 0 Å². The van der Waals surface area contributed by atoms with Crippen LogP contribution in [0.3, 0.4) is 0 Å². The van der Waals surface area contributed by atoms with Gasteiger partial charge in [-0.05, 0) is 29.3 Å². The Hall–Kier alpha value is -1.95. The predicted molar refractivity (Wildman–Crippen MR) is 70.7 cm³/mol. The fourth-order valence-electron chi connectivity index (χ4n) is 1.80. The molecule has 6 heteroatoms. The Kier molecular flexibility index (Phi) is 4.34. The van der Waals surface area contributed by atoms with Gasteiger partial charge in [0.2, 0.25) is 0 Å². The van der Waals surface area contributed by atoms with Gasteiger partial charge >= 0.3 is 5.97 Å². The van der Waals surface area contributed by atoms with Crippen LogP contribution < -0.4 is 0 Å². The summed E-state index contributed by atoms with van der Waals surface area (Å²) in [6, 6.07) is 9.82.